The number of aliphatic imine (C=N–C) groups is 2. The molecule has 0 saturated carbocycles. The first-order valence-corrected chi connectivity index (χ1v) is 5.74. The van der Waals surface area contributed by atoms with E-state index in [0.29, 0.717) is 5.92 Å². The largest absolute Gasteiger partial charge is 0.301 e. The molecule has 0 fully saturated rings. The molecule has 1 unspecified atom stereocenters. The second-order valence-corrected chi connectivity index (χ2v) is 4.11. The maximum Gasteiger partial charge on any atom is 0.0625 e. The minimum Gasteiger partial charge on any atom is -0.301 e. The molecule has 1 aromatic carbocycles. The van der Waals surface area contributed by atoms with Crippen LogP contribution >= 0.6 is 0 Å². The fourth-order valence-electron chi connectivity index (χ4n) is 1.47. The number of nitrogens with zero attached hydrogens (tertiary/aromatic N) is 2. The monoisotopic (exact) mass is 216 g/mol. The number of hydrogen-bond donors (Lipinski definition) is 0. The highest BCUT2D eigenvalue weighted by Gasteiger charge is 1.95. The van der Waals surface area contributed by atoms with E-state index in [1.165, 1.54) is 5.56 Å². The van der Waals surface area contributed by atoms with Crippen molar-refractivity contribution in [2.45, 2.75) is 26.7 Å². The predicted octanol–water partition coefficient (Wildman–Crippen LogP) is 3.81. The third-order valence-corrected chi connectivity index (χ3v) is 2.43. The summed E-state index contributed by atoms with van der Waals surface area (Å²) in [5, 5.41) is 0. The van der Waals surface area contributed by atoms with Crippen LogP contribution in [0.2, 0.25) is 0 Å². The van der Waals surface area contributed by atoms with Crippen molar-refractivity contribution in [3.05, 3.63) is 29.8 Å². The summed E-state index contributed by atoms with van der Waals surface area (Å²) < 4.78 is 0. The molecule has 0 bridgehead atoms. The third-order valence-electron chi connectivity index (χ3n) is 2.43. The van der Waals surface area contributed by atoms with Crippen LogP contribution in [0.5, 0.6) is 0 Å². The zero-order valence-electron chi connectivity index (χ0n) is 10.4. The van der Waals surface area contributed by atoms with Gasteiger partial charge in [0, 0.05) is 19.5 Å². The average molecular weight is 216 g/mol. The van der Waals surface area contributed by atoms with Crippen LogP contribution in [0, 0.1) is 12.8 Å². The molecule has 0 aliphatic carbocycles. The first-order chi connectivity index (χ1) is 7.72. The lowest BCUT2D eigenvalue weighted by atomic mass is 10.1. The van der Waals surface area contributed by atoms with E-state index in [9.17, 15) is 0 Å². The molecule has 2 nitrogen and oxygen atoms in total. The molecule has 1 atom stereocenters. The Bertz CT molecular complexity index is 350. The highest BCUT2D eigenvalue weighted by molar-refractivity contribution is 5.65. The fraction of sp³-hybridized carbons (Fsp3) is 0.429. The van der Waals surface area contributed by atoms with Gasteiger partial charge in [0.05, 0.1) is 5.69 Å². The van der Waals surface area contributed by atoms with E-state index in [4.69, 9.17) is 0 Å². The third kappa shape index (κ3) is 4.87. The Morgan fingerprint density at radius 1 is 1.25 bits per heavy atom. The van der Waals surface area contributed by atoms with Crippen molar-refractivity contribution in [1.82, 2.24) is 0 Å². The van der Waals surface area contributed by atoms with Crippen molar-refractivity contribution in [2.75, 3.05) is 7.05 Å². The van der Waals surface area contributed by atoms with Crippen LogP contribution < -0.4 is 0 Å². The summed E-state index contributed by atoms with van der Waals surface area (Å²) >= 11 is 0. The Labute approximate surface area is 98.1 Å². The number of rotatable bonds is 5. The molecule has 0 amide bonds. The molecule has 16 heavy (non-hydrogen) atoms. The van der Waals surface area contributed by atoms with Crippen molar-refractivity contribution in [1.29, 1.82) is 0 Å². The van der Waals surface area contributed by atoms with Crippen molar-refractivity contribution in [3.8, 4) is 0 Å². The molecule has 0 radical (unpaired) electrons. The first-order valence-electron chi connectivity index (χ1n) is 5.74. The van der Waals surface area contributed by atoms with Crippen LogP contribution in [-0.4, -0.2) is 19.5 Å². The quantitative estimate of drug-likeness (QED) is 0.669. The van der Waals surface area contributed by atoms with E-state index in [2.05, 4.69) is 36.0 Å². The van der Waals surface area contributed by atoms with Gasteiger partial charge in [0.2, 0.25) is 0 Å². The topological polar surface area (TPSA) is 24.7 Å². The van der Waals surface area contributed by atoms with Crippen molar-refractivity contribution in [3.63, 3.8) is 0 Å². The van der Waals surface area contributed by atoms with Gasteiger partial charge in [-0.25, -0.2) is 0 Å². The summed E-state index contributed by atoms with van der Waals surface area (Å²) in [6.45, 7) is 4.26. The standard InChI is InChI=1S/C14H20N2/c1-12-6-8-14(9-7-12)16-10-4-5-13(2)11-15-3/h6-11,13H,4-5H2,1-3H3. The Morgan fingerprint density at radius 2 is 1.94 bits per heavy atom. The van der Waals surface area contributed by atoms with Crippen LogP contribution in [0.1, 0.15) is 25.3 Å². The summed E-state index contributed by atoms with van der Waals surface area (Å²) in [6, 6.07) is 8.25. The lowest BCUT2D eigenvalue weighted by Gasteiger charge is -2.00. The molecule has 1 aromatic rings. The van der Waals surface area contributed by atoms with Gasteiger partial charge in [-0.05, 0) is 37.8 Å². The second kappa shape index (κ2) is 6.94. The Morgan fingerprint density at radius 3 is 2.56 bits per heavy atom. The first kappa shape index (κ1) is 12.6. The van der Waals surface area contributed by atoms with Crippen molar-refractivity contribution in [2.24, 2.45) is 15.9 Å². The van der Waals surface area contributed by atoms with Gasteiger partial charge in [0.25, 0.3) is 0 Å². The van der Waals surface area contributed by atoms with E-state index < -0.39 is 0 Å². The molecule has 0 N–H and O–H groups in total. The van der Waals surface area contributed by atoms with Gasteiger partial charge in [-0.15, -0.1) is 0 Å². The summed E-state index contributed by atoms with van der Waals surface area (Å²) in [5.41, 5.74) is 2.30. The van der Waals surface area contributed by atoms with Gasteiger partial charge in [0.1, 0.15) is 0 Å². The van der Waals surface area contributed by atoms with Crippen LogP contribution in [-0.2, 0) is 0 Å². The normalized spacial score (nSPS) is 13.7. The van der Waals surface area contributed by atoms with Crippen LogP contribution in [0.4, 0.5) is 5.69 Å². The molecular weight excluding hydrogens is 196 g/mol. The maximum atomic E-state index is 4.41. The van der Waals surface area contributed by atoms with E-state index in [0.717, 1.165) is 18.5 Å². The molecule has 0 saturated heterocycles. The van der Waals surface area contributed by atoms with E-state index in [-0.39, 0.29) is 0 Å². The Balaban J connectivity index is 2.34. The Hall–Kier alpha value is -1.44. The van der Waals surface area contributed by atoms with E-state index >= 15 is 0 Å². The highest BCUT2D eigenvalue weighted by Crippen LogP contribution is 2.12. The van der Waals surface area contributed by atoms with Gasteiger partial charge in [-0.3, -0.25) is 4.99 Å². The molecule has 0 aliphatic heterocycles. The zero-order chi connectivity index (χ0) is 11.8. The smallest absolute Gasteiger partial charge is 0.0625 e. The molecular formula is C14H20N2. The van der Waals surface area contributed by atoms with Gasteiger partial charge in [-0.1, -0.05) is 24.6 Å². The number of hydrogen-bond acceptors (Lipinski definition) is 2. The van der Waals surface area contributed by atoms with Crippen LogP contribution in [0.3, 0.4) is 0 Å². The summed E-state index contributed by atoms with van der Waals surface area (Å²) in [6.07, 6.45) is 6.08. The second-order valence-electron chi connectivity index (χ2n) is 4.11. The van der Waals surface area contributed by atoms with Crippen LogP contribution in [0.25, 0.3) is 0 Å². The molecule has 0 aromatic heterocycles. The zero-order valence-corrected chi connectivity index (χ0v) is 10.4. The Kier molecular flexibility index (Phi) is 5.48. The molecule has 86 valence electrons. The SMILES string of the molecule is CN=CC(C)CCC=Nc1ccc(C)cc1. The molecule has 1 rings (SSSR count). The van der Waals surface area contributed by atoms with Crippen molar-refractivity contribution < 1.29 is 0 Å². The lowest BCUT2D eigenvalue weighted by molar-refractivity contribution is 0.724. The number of aryl methyl sites for hydroxylation is 1. The molecule has 2 heteroatoms. The van der Waals surface area contributed by atoms with Gasteiger partial charge in [-0.2, -0.15) is 0 Å². The fourth-order valence-corrected chi connectivity index (χ4v) is 1.47. The van der Waals surface area contributed by atoms with Gasteiger partial charge < -0.3 is 4.99 Å². The predicted molar refractivity (Wildman–Crippen MR) is 72.1 cm³/mol. The average Bonchev–Trinajstić information content (AvgIpc) is 2.27. The molecule has 0 aliphatic rings. The minimum absolute atomic E-state index is 0.537. The van der Waals surface area contributed by atoms with Gasteiger partial charge >= 0.3 is 0 Å². The summed E-state index contributed by atoms with van der Waals surface area (Å²) in [7, 11) is 1.82. The minimum atomic E-state index is 0.537. The summed E-state index contributed by atoms with van der Waals surface area (Å²) in [5.74, 6) is 0.537. The van der Waals surface area contributed by atoms with E-state index in [1.54, 1.807) is 0 Å². The van der Waals surface area contributed by atoms with Crippen LogP contribution in [0.15, 0.2) is 34.3 Å². The van der Waals surface area contributed by atoms with E-state index in [1.807, 2.05) is 31.6 Å². The summed E-state index contributed by atoms with van der Waals surface area (Å²) in [4.78, 5) is 8.42. The highest BCUT2D eigenvalue weighted by atomic mass is 14.7. The maximum absolute atomic E-state index is 4.41. The van der Waals surface area contributed by atoms with Gasteiger partial charge in [0.15, 0.2) is 0 Å². The molecule has 0 heterocycles. The van der Waals surface area contributed by atoms with Crippen molar-refractivity contribution >= 4 is 18.1 Å². The number of benzene rings is 1. The molecule has 0 spiro atoms. The lowest BCUT2D eigenvalue weighted by Crippen LogP contribution is -1.95.